The number of hydrogen-bond acceptors (Lipinski definition) is 4. The molecule has 7 heteroatoms. The Morgan fingerprint density at radius 3 is 2.68 bits per heavy atom. The van der Waals surface area contributed by atoms with E-state index in [0.29, 0.717) is 21.3 Å². The SMILES string of the molecule is O=C(Nc1cccc(Br)c1)c1snnc1-c1ccc(Cl)cc1. The van der Waals surface area contributed by atoms with Gasteiger partial charge in [0.05, 0.1) is 0 Å². The van der Waals surface area contributed by atoms with Crippen LogP contribution in [0.2, 0.25) is 5.02 Å². The smallest absolute Gasteiger partial charge is 0.269 e. The number of hydrogen-bond donors (Lipinski definition) is 1. The van der Waals surface area contributed by atoms with Gasteiger partial charge in [0.2, 0.25) is 0 Å². The van der Waals surface area contributed by atoms with Crippen LogP contribution in [0.1, 0.15) is 9.67 Å². The Hall–Kier alpha value is -1.76. The Bertz CT molecular complexity index is 820. The summed E-state index contributed by atoms with van der Waals surface area (Å²) in [7, 11) is 0. The number of amides is 1. The second-order valence-corrected chi connectivity index (χ2v) is 6.53. The molecule has 4 nitrogen and oxygen atoms in total. The summed E-state index contributed by atoms with van der Waals surface area (Å²) >= 11 is 10.3. The van der Waals surface area contributed by atoms with Crippen LogP contribution >= 0.6 is 39.1 Å². The molecule has 0 fully saturated rings. The van der Waals surface area contributed by atoms with Gasteiger partial charge in [-0.3, -0.25) is 4.79 Å². The highest BCUT2D eigenvalue weighted by atomic mass is 79.9. The summed E-state index contributed by atoms with van der Waals surface area (Å²) in [6, 6.07) is 14.5. The predicted molar refractivity (Wildman–Crippen MR) is 92.5 cm³/mol. The van der Waals surface area contributed by atoms with Crippen molar-refractivity contribution in [3.63, 3.8) is 0 Å². The first kappa shape index (κ1) is 15.1. The molecule has 22 heavy (non-hydrogen) atoms. The fourth-order valence-electron chi connectivity index (χ4n) is 1.89. The minimum atomic E-state index is -0.238. The van der Waals surface area contributed by atoms with Gasteiger partial charge in [-0.25, -0.2) is 0 Å². The van der Waals surface area contributed by atoms with Crippen LogP contribution in [-0.4, -0.2) is 15.5 Å². The lowest BCUT2D eigenvalue weighted by Gasteiger charge is -2.05. The Morgan fingerprint density at radius 1 is 1.18 bits per heavy atom. The summed E-state index contributed by atoms with van der Waals surface area (Å²) in [5.74, 6) is -0.238. The molecule has 0 aliphatic heterocycles. The third-order valence-corrected chi connectivity index (χ3v) is 4.36. The highest BCUT2D eigenvalue weighted by molar-refractivity contribution is 9.10. The number of benzene rings is 2. The lowest BCUT2D eigenvalue weighted by molar-refractivity contribution is 0.103. The van der Waals surface area contributed by atoms with E-state index >= 15 is 0 Å². The molecule has 110 valence electrons. The Labute approximate surface area is 144 Å². The lowest BCUT2D eigenvalue weighted by Crippen LogP contribution is -2.11. The molecule has 0 bridgehead atoms. The van der Waals surface area contributed by atoms with Gasteiger partial charge in [0, 0.05) is 20.7 Å². The molecule has 0 saturated heterocycles. The largest absolute Gasteiger partial charge is 0.321 e. The van der Waals surface area contributed by atoms with Crippen LogP contribution in [0.4, 0.5) is 5.69 Å². The van der Waals surface area contributed by atoms with Crippen molar-refractivity contribution in [2.24, 2.45) is 0 Å². The van der Waals surface area contributed by atoms with Gasteiger partial charge < -0.3 is 5.32 Å². The van der Waals surface area contributed by atoms with E-state index in [1.54, 1.807) is 12.1 Å². The average Bonchev–Trinajstić information content (AvgIpc) is 2.97. The minimum absolute atomic E-state index is 0.238. The van der Waals surface area contributed by atoms with E-state index in [9.17, 15) is 4.79 Å². The van der Waals surface area contributed by atoms with Crippen molar-refractivity contribution in [1.29, 1.82) is 0 Å². The molecule has 0 unspecified atom stereocenters. The molecule has 1 N–H and O–H groups in total. The van der Waals surface area contributed by atoms with E-state index in [-0.39, 0.29) is 5.91 Å². The highest BCUT2D eigenvalue weighted by Gasteiger charge is 2.18. The number of halogens is 2. The topological polar surface area (TPSA) is 54.9 Å². The van der Waals surface area contributed by atoms with E-state index < -0.39 is 0 Å². The molecule has 0 saturated carbocycles. The molecule has 1 aromatic heterocycles. The second kappa shape index (κ2) is 6.56. The van der Waals surface area contributed by atoms with Crippen molar-refractivity contribution >= 4 is 50.7 Å². The standard InChI is InChI=1S/C15H9BrClN3OS/c16-10-2-1-3-12(8-10)18-15(21)14-13(19-20-22-14)9-4-6-11(17)7-5-9/h1-8H,(H,18,21). The van der Waals surface area contributed by atoms with Crippen LogP contribution in [0.3, 0.4) is 0 Å². The van der Waals surface area contributed by atoms with Gasteiger partial charge in [0.1, 0.15) is 10.6 Å². The number of aromatic nitrogens is 2. The Balaban J connectivity index is 1.88. The molecule has 0 spiro atoms. The molecular formula is C15H9BrClN3OS. The number of carbonyl (C=O) groups is 1. The maximum atomic E-state index is 12.4. The first-order valence-electron chi connectivity index (χ1n) is 6.29. The summed E-state index contributed by atoms with van der Waals surface area (Å²) in [6.07, 6.45) is 0. The van der Waals surface area contributed by atoms with Gasteiger partial charge >= 0.3 is 0 Å². The van der Waals surface area contributed by atoms with Crippen molar-refractivity contribution < 1.29 is 4.79 Å². The molecule has 0 radical (unpaired) electrons. The summed E-state index contributed by atoms with van der Waals surface area (Å²) < 4.78 is 4.78. The van der Waals surface area contributed by atoms with Gasteiger partial charge in [0.25, 0.3) is 5.91 Å². The number of rotatable bonds is 3. The van der Waals surface area contributed by atoms with Crippen LogP contribution in [-0.2, 0) is 0 Å². The Kier molecular flexibility index (Phi) is 4.52. The number of nitrogens with zero attached hydrogens (tertiary/aromatic N) is 2. The number of anilines is 1. The van der Waals surface area contributed by atoms with Crippen LogP contribution < -0.4 is 5.32 Å². The van der Waals surface area contributed by atoms with E-state index in [2.05, 4.69) is 30.8 Å². The summed E-state index contributed by atoms with van der Waals surface area (Å²) in [5.41, 5.74) is 2.06. The first-order valence-corrected chi connectivity index (χ1v) is 8.23. The number of nitrogens with one attached hydrogen (secondary N) is 1. The maximum Gasteiger partial charge on any atom is 0.269 e. The van der Waals surface area contributed by atoms with Crippen LogP contribution in [0.25, 0.3) is 11.3 Å². The molecule has 3 aromatic rings. The Morgan fingerprint density at radius 2 is 1.95 bits per heavy atom. The van der Waals surface area contributed by atoms with Crippen LogP contribution in [0.5, 0.6) is 0 Å². The molecule has 0 aliphatic carbocycles. The zero-order chi connectivity index (χ0) is 15.5. The third kappa shape index (κ3) is 3.35. The van der Waals surface area contributed by atoms with Crippen LogP contribution in [0, 0.1) is 0 Å². The van der Waals surface area contributed by atoms with Gasteiger partial charge in [-0.2, -0.15) is 0 Å². The average molecular weight is 395 g/mol. The molecule has 0 atom stereocenters. The summed E-state index contributed by atoms with van der Waals surface area (Å²) in [6.45, 7) is 0. The summed E-state index contributed by atoms with van der Waals surface area (Å²) in [4.78, 5) is 12.9. The molecule has 1 heterocycles. The van der Waals surface area contributed by atoms with Gasteiger partial charge in [-0.1, -0.05) is 50.2 Å². The zero-order valence-electron chi connectivity index (χ0n) is 11.1. The minimum Gasteiger partial charge on any atom is -0.321 e. The van der Waals surface area contributed by atoms with Crippen molar-refractivity contribution in [3.05, 3.63) is 62.9 Å². The quantitative estimate of drug-likeness (QED) is 0.689. The van der Waals surface area contributed by atoms with E-state index in [4.69, 9.17) is 11.6 Å². The first-order chi connectivity index (χ1) is 10.6. The van der Waals surface area contributed by atoms with Crippen molar-refractivity contribution in [3.8, 4) is 11.3 Å². The van der Waals surface area contributed by atoms with Crippen LogP contribution in [0.15, 0.2) is 53.0 Å². The van der Waals surface area contributed by atoms with Crippen molar-refractivity contribution in [2.45, 2.75) is 0 Å². The van der Waals surface area contributed by atoms with E-state index in [0.717, 1.165) is 21.6 Å². The van der Waals surface area contributed by atoms with Gasteiger partial charge in [0.15, 0.2) is 0 Å². The second-order valence-electron chi connectivity index (χ2n) is 4.42. The molecule has 1 amide bonds. The monoisotopic (exact) mass is 393 g/mol. The maximum absolute atomic E-state index is 12.4. The lowest BCUT2D eigenvalue weighted by atomic mass is 10.1. The number of carbonyl (C=O) groups excluding carboxylic acids is 1. The third-order valence-electron chi connectivity index (χ3n) is 2.89. The predicted octanol–water partition coefficient (Wildman–Crippen LogP) is 4.87. The fraction of sp³-hybridized carbons (Fsp3) is 0. The van der Waals surface area contributed by atoms with Crippen molar-refractivity contribution in [2.75, 3.05) is 5.32 Å². The van der Waals surface area contributed by atoms with Gasteiger partial charge in [-0.15, -0.1) is 5.10 Å². The van der Waals surface area contributed by atoms with E-state index in [1.165, 1.54) is 0 Å². The zero-order valence-corrected chi connectivity index (χ0v) is 14.2. The normalized spacial score (nSPS) is 10.5. The molecular weight excluding hydrogens is 386 g/mol. The molecule has 2 aromatic carbocycles. The van der Waals surface area contributed by atoms with Crippen molar-refractivity contribution in [1.82, 2.24) is 9.59 Å². The van der Waals surface area contributed by atoms with E-state index in [1.807, 2.05) is 36.4 Å². The van der Waals surface area contributed by atoms with Gasteiger partial charge in [-0.05, 0) is 41.9 Å². The molecule has 0 aliphatic rings. The fourth-order valence-corrected chi connectivity index (χ4v) is 3.00. The highest BCUT2D eigenvalue weighted by Crippen LogP contribution is 2.26. The molecule has 3 rings (SSSR count). The summed E-state index contributed by atoms with van der Waals surface area (Å²) in [5, 5.41) is 7.53.